The molecule has 4 fully saturated rings. The SMILES string of the molecule is COc1ccc2c(c1)c(CC(=O)NCCCCCCNC1CCC3C4C1CCCC4C1NC(=O)C(C#N)C31)c(C)n2C(=O)c1ccc(Cl)cc1. The molecular formula is C40H48ClN5O4. The molecule has 0 radical (unpaired) electrons. The van der Waals surface area contributed by atoms with Gasteiger partial charge in [-0.1, -0.05) is 30.9 Å². The first-order valence-corrected chi connectivity index (χ1v) is 18.9. The second-order valence-corrected chi connectivity index (χ2v) is 15.3. The molecule has 0 spiro atoms. The number of nitriles is 1. The molecule has 2 amide bonds. The Balaban J connectivity index is 0.869. The zero-order valence-corrected chi connectivity index (χ0v) is 29.8. The van der Waals surface area contributed by atoms with Crippen LogP contribution >= 0.6 is 11.6 Å². The summed E-state index contributed by atoms with van der Waals surface area (Å²) in [7, 11) is 1.61. The van der Waals surface area contributed by atoms with Crippen LogP contribution in [0, 0.1) is 53.8 Å². The van der Waals surface area contributed by atoms with Gasteiger partial charge in [-0.05, 0) is 124 Å². The van der Waals surface area contributed by atoms with Gasteiger partial charge in [0.1, 0.15) is 11.7 Å². The Morgan fingerprint density at radius 3 is 2.50 bits per heavy atom. The number of nitrogens with one attached hydrogen (secondary N) is 3. The van der Waals surface area contributed by atoms with Gasteiger partial charge in [-0.15, -0.1) is 0 Å². The minimum Gasteiger partial charge on any atom is -0.497 e. The molecule has 264 valence electrons. The lowest BCUT2D eigenvalue weighted by Crippen LogP contribution is -2.49. The molecule has 8 atom stereocenters. The Bertz CT molecular complexity index is 1800. The van der Waals surface area contributed by atoms with Gasteiger partial charge in [-0.2, -0.15) is 5.26 Å². The summed E-state index contributed by atoms with van der Waals surface area (Å²) in [4.78, 5) is 39.2. The van der Waals surface area contributed by atoms with Crippen molar-refractivity contribution in [1.82, 2.24) is 20.5 Å². The molecule has 4 aliphatic rings. The summed E-state index contributed by atoms with van der Waals surface area (Å²) in [6, 6.07) is 15.5. The summed E-state index contributed by atoms with van der Waals surface area (Å²) in [5, 5.41) is 21.4. The fourth-order valence-corrected chi connectivity index (χ4v) is 10.3. The number of benzene rings is 2. The van der Waals surface area contributed by atoms with Crippen LogP contribution < -0.4 is 20.7 Å². The maximum atomic E-state index is 13.6. The Labute approximate surface area is 299 Å². The number of hydrogen-bond donors (Lipinski definition) is 3. The zero-order chi connectivity index (χ0) is 34.9. The Kier molecular flexibility index (Phi) is 10.2. The molecule has 3 N–H and O–H groups in total. The molecule has 1 aliphatic heterocycles. The average Bonchev–Trinajstić information content (AvgIpc) is 3.72. The highest BCUT2D eigenvalue weighted by atomic mass is 35.5. The Morgan fingerprint density at radius 2 is 1.74 bits per heavy atom. The smallest absolute Gasteiger partial charge is 0.262 e. The lowest BCUT2D eigenvalue weighted by atomic mass is 9.61. The third-order valence-corrected chi connectivity index (χ3v) is 12.6. The molecule has 3 aliphatic carbocycles. The summed E-state index contributed by atoms with van der Waals surface area (Å²) in [5.74, 6) is 2.48. The molecule has 2 aromatic carbocycles. The second kappa shape index (κ2) is 14.8. The van der Waals surface area contributed by atoms with Crippen LogP contribution in [-0.4, -0.2) is 54.6 Å². The van der Waals surface area contributed by atoms with Gasteiger partial charge in [0.05, 0.1) is 25.1 Å². The van der Waals surface area contributed by atoms with Crippen molar-refractivity contribution >= 4 is 40.2 Å². The average molecular weight is 698 g/mol. The first-order chi connectivity index (χ1) is 24.3. The number of methoxy groups -OCH3 is 1. The number of ether oxygens (including phenoxy) is 1. The molecule has 2 heterocycles. The molecule has 10 heteroatoms. The summed E-state index contributed by atoms with van der Waals surface area (Å²) in [5.41, 5.74) is 2.82. The number of carbonyl (C=O) groups is 3. The quantitative estimate of drug-likeness (QED) is 0.194. The topological polar surface area (TPSA) is 125 Å². The first-order valence-electron chi connectivity index (χ1n) is 18.5. The molecular weight excluding hydrogens is 650 g/mol. The fourth-order valence-electron chi connectivity index (χ4n) is 10.2. The molecule has 9 nitrogen and oxygen atoms in total. The molecule has 7 rings (SSSR count). The number of halogens is 1. The van der Waals surface area contributed by atoms with Gasteiger partial charge in [-0.3, -0.25) is 19.0 Å². The van der Waals surface area contributed by atoms with Crippen LogP contribution in [0.5, 0.6) is 5.75 Å². The lowest BCUT2D eigenvalue weighted by Gasteiger charge is -2.47. The number of hydrogen-bond acceptors (Lipinski definition) is 6. The highest BCUT2D eigenvalue weighted by Crippen LogP contribution is 2.60. The van der Waals surface area contributed by atoms with Crippen molar-refractivity contribution < 1.29 is 19.1 Å². The maximum Gasteiger partial charge on any atom is 0.262 e. The van der Waals surface area contributed by atoms with E-state index in [9.17, 15) is 19.6 Å². The second-order valence-electron chi connectivity index (χ2n) is 14.9. The summed E-state index contributed by atoms with van der Waals surface area (Å²) >= 11 is 6.05. The van der Waals surface area contributed by atoms with Gasteiger partial charge < -0.3 is 20.7 Å². The normalized spacial score (nSPS) is 28.1. The minimum atomic E-state index is -0.461. The lowest BCUT2D eigenvalue weighted by molar-refractivity contribution is -0.123. The molecule has 1 aromatic heterocycles. The van der Waals surface area contributed by atoms with Gasteiger partial charge in [0, 0.05) is 46.2 Å². The highest BCUT2D eigenvalue weighted by molar-refractivity contribution is 6.30. The number of unbranched alkanes of at least 4 members (excludes halogenated alkanes) is 3. The van der Waals surface area contributed by atoms with E-state index in [0.29, 0.717) is 52.6 Å². The van der Waals surface area contributed by atoms with Gasteiger partial charge in [0.15, 0.2) is 0 Å². The van der Waals surface area contributed by atoms with E-state index in [0.717, 1.165) is 67.2 Å². The highest BCUT2D eigenvalue weighted by Gasteiger charge is 2.62. The fraction of sp³-hybridized carbons (Fsp3) is 0.550. The number of rotatable bonds is 12. The molecule has 3 aromatic rings. The van der Waals surface area contributed by atoms with Crippen molar-refractivity contribution in [3.8, 4) is 11.8 Å². The number of fused-ring (bicyclic) bond motifs is 4. The molecule has 0 bridgehead atoms. The summed E-state index contributed by atoms with van der Waals surface area (Å²) < 4.78 is 7.14. The van der Waals surface area contributed by atoms with Crippen molar-refractivity contribution in [2.24, 2.45) is 35.5 Å². The van der Waals surface area contributed by atoms with Gasteiger partial charge in [-0.25, -0.2) is 0 Å². The van der Waals surface area contributed by atoms with E-state index < -0.39 is 5.92 Å². The minimum absolute atomic E-state index is 0.0359. The predicted molar refractivity (Wildman–Crippen MR) is 193 cm³/mol. The standard InChI is InChI=1S/C40H48ClN5O4/c1-23-30(31-20-26(50-2)14-17-34(31)46(23)40(49)24-10-12-25(41)13-11-24)21-35(47)44-19-6-4-3-5-18-43-33-16-15-28-36-27(33)8-7-9-29(36)38-37(28)32(22-42)39(48)45-38/h10-14,17,20,27-29,32-33,36-38,43H,3-9,15-16,18-19,21H2,1-2H3,(H,44,47)(H,45,48). The van der Waals surface area contributed by atoms with Crippen molar-refractivity contribution in [2.75, 3.05) is 20.2 Å². The van der Waals surface area contributed by atoms with Crippen LogP contribution in [-0.2, 0) is 16.0 Å². The predicted octanol–water partition coefficient (Wildman–Crippen LogP) is 6.19. The van der Waals surface area contributed by atoms with Crippen molar-refractivity contribution in [3.63, 3.8) is 0 Å². The third-order valence-electron chi connectivity index (χ3n) is 12.4. The van der Waals surface area contributed by atoms with E-state index in [1.54, 1.807) is 35.9 Å². The summed E-state index contributed by atoms with van der Waals surface area (Å²) in [6.07, 6.45) is 10.3. The van der Waals surface area contributed by atoms with E-state index in [2.05, 4.69) is 22.0 Å². The number of aromatic nitrogens is 1. The Morgan fingerprint density at radius 1 is 0.980 bits per heavy atom. The monoisotopic (exact) mass is 697 g/mol. The van der Waals surface area contributed by atoms with Crippen molar-refractivity contribution in [1.29, 1.82) is 5.26 Å². The number of amides is 2. The van der Waals surface area contributed by atoms with Crippen LogP contribution in [0.15, 0.2) is 42.5 Å². The van der Waals surface area contributed by atoms with Crippen LogP contribution in [0.1, 0.15) is 79.4 Å². The number of carbonyl (C=O) groups excluding carboxylic acids is 3. The van der Waals surface area contributed by atoms with Crippen LogP contribution in [0.4, 0.5) is 0 Å². The summed E-state index contributed by atoms with van der Waals surface area (Å²) in [6.45, 7) is 3.51. The van der Waals surface area contributed by atoms with E-state index in [4.69, 9.17) is 16.3 Å². The van der Waals surface area contributed by atoms with Crippen molar-refractivity contribution in [3.05, 3.63) is 64.3 Å². The molecule has 8 unspecified atom stereocenters. The van der Waals surface area contributed by atoms with Crippen LogP contribution in [0.2, 0.25) is 5.02 Å². The van der Waals surface area contributed by atoms with E-state index in [1.807, 2.05) is 25.1 Å². The maximum absolute atomic E-state index is 13.6. The molecule has 50 heavy (non-hydrogen) atoms. The van der Waals surface area contributed by atoms with E-state index in [1.165, 1.54) is 19.3 Å². The van der Waals surface area contributed by atoms with Crippen LogP contribution in [0.3, 0.4) is 0 Å². The molecule has 1 saturated heterocycles. The van der Waals surface area contributed by atoms with E-state index in [-0.39, 0.29) is 36.1 Å². The van der Waals surface area contributed by atoms with Gasteiger partial charge in [0.25, 0.3) is 5.91 Å². The van der Waals surface area contributed by atoms with Gasteiger partial charge in [0.2, 0.25) is 11.8 Å². The van der Waals surface area contributed by atoms with Gasteiger partial charge >= 0.3 is 0 Å². The Hall–Kier alpha value is -3.87. The zero-order valence-electron chi connectivity index (χ0n) is 29.1. The largest absolute Gasteiger partial charge is 0.497 e. The first kappa shape index (κ1) is 34.6. The van der Waals surface area contributed by atoms with Crippen molar-refractivity contribution in [2.45, 2.75) is 83.2 Å². The molecule has 3 saturated carbocycles. The number of nitrogens with zero attached hydrogens (tertiary/aromatic N) is 2. The van der Waals surface area contributed by atoms with Crippen LogP contribution in [0.25, 0.3) is 10.9 Å². The van der Waals surface area contributed by atoms with E-state index >= 15 is 0 Å². The third kappa shape index (κ3) is 6.41.